The van der Waals surface area contributed by atoms with Gasteiger partial charge in [0, 0.05) is 26.5 Å². The minimum Gasteiger partial charge on any atom is -0.454 e. The first-order valence-electron chi connectivity index (χ1n) is 12.8. The van der Waals surface area contributed by atoms with Crippen molar-refractivity contribution in [3.05, 3.63) is 102 Å². The van der Waals surface area contributed by atoms with Crippen molar-refractivity contribution in [3.8, 4) is 22.4 Å². The van der Waals surface area contributed by atoms with Gasteiger partial charge >= 0.3 is 0 Å². The van der Waals surface area contributed by atoms with E-state index in [9.17, 15) is 0 Å². The van der Waals surface area contributed by atoms with Crippen LogP contribution in [0.1, 0.15) is 16.6 Å². The van der Waals surface area contributed by atoms with Crippen molar-refractivity contribution in [1.29, 1.82) is 0 Å². The molecule has 6 rings (SSSR count). The SMILES string of the molecule is [2H]c1c(C([2H])([2H])[2H])ccc(-c2c(C)ccc3c2oc2c(-c4ccc5ccccc5c4)c(F)ccc23)[n+]1C. The lowest BCUT2D eigenvalue weighted by molar-refractivity contribution is -0.660. The largest absolute Gasteiger partial charge is 0.454 e. The normalized spacial score (nSPS) is 13.8. The van der Waals surface area contributed by atoms with Crippen molar-refractivity contribution in [3.63, 3.8) is 0 Å². The van der Waals surface area contributed by atoms with E-state index < -0.39 is 6.85 Å². The molecule has 0 radical (unpaired) electrons. The second kappa shape index (κ2) is 7.28. The molecule has 160 valence electrons. The Morgan fingerprint density at radius 2 is 1.61 bits per heavy atom. The molecule has 0 unspecified atom stereocenters. The van der Waals surface area contributed by atoms with E-state index in [1.165, 1.54) is 12.1 Å². The molecule has 0 aliphatic carbocycles. The highest BCUT2D eigenvalue weighted by Gasteiger charge is 2.23. The predicted octanol–water partition coefficient (Wildman–Crippen LogP) is 7.65. The summed E-state index contributed by atoms with van der Waals surface area (Å²) in [6, 6.07) is 24.1. The lowest BCUT2D eigenvalue weighted by atomic mass is 9.97. The molecule has 0 saturated heterocycles. The molecule has 0 atom stereocenters. The number of furan rings is 1. The molecule has 33 heavy (non-hydrogen) atoms. The van der Waals surface area contributed by atoms with Gasteiger partial charge in [0.25, 0.3) is 0 Å². The number of hydrogen-bond acceptors (Lipinski definition) is 1. The van der Waals surface area contributed by atoms with Gasteiger partial charge in [0.15, 0.2) is 6.17 Å². The highest BCUT2D eigenvalue weighted by Crippen LogP contribution is 2.41. The van der Waals surface area contributed by atoms with E-state index in [0.29, 0.717) is 22.4 Å². The summed E-state index contributed by atoms with van der Waals surface area (Å²) in [5.74, 6) is -0.374. The zero-order chi connectivity index (χ0) is 26.1. The first-order valence-corrected chi connectivity index (χ1v) is 10.8. The fourth-order valence-electron chi connectivity index (χ4n) is 4.71. The molecule has 2 aromatic heterocycles. The van der Waals surface area contributed by atoms with Gasteiger partial charge in [-0.1, -0.05) is 48.5 Å². The number of aryl methyl sites for hydroxylation is 2. The Bertz CT molecular complexity index is 1870. The quantitative estimate of drug-likeness (QED) is 0.255. The maximum absolute atomic E-state index is 15.4. The summed E-state index contributed by atoms with van der Waals surface area (Å²) in [6.45, 7) is -0.450. The minimum atomic E-state index is -2.39. The molecule has 0 spiro atoms. The van der Waals surface area contributed by atoms with Gasteiger partial charge in [-0.2, -0.15) is 0 Å². The fourth-order valence-corrected chi connectivity index (χ4v) is 4.71. The number of rotatable bonds is 2. The van der Waals surface area contributed by atoms with Gasteiger partial charge in [-0.05, 0) is 59.9 Å². The van der Waals surface area contributed by atoms with Gasteiger partial charge < -0.3 is 4.42 Å². The van der Waals surface area contributed by atoms with Crippen LogP contribution in [0.15, 0.2) is 89.5 Å². The molecule has 3 heteroatoms. The summed E-state index contributed by atoms with van der Waals surface area (Å²) in [5.41, 5.74) is 4.40. The number of benzene rings is 4. The van der Waals surface area contributed by atoms with Crippen LogP contribution in [0.3, 0.4) is 0 Å². The Labute approximate surface area is 197 Å². The van der Waals surface area contributed by atoms with Gasteiger partial charge in [-0.25, -0.2) is 8.96 Å². The number of fused-ring (bicyclic) bond motifs is 4. The summed E-state index contributed by atoms with van der Waals surface area (Å²) in [5, 5.41) is 3.69. The van der Waals surface area contributed by atoms with E-state index in [1.54, 1.807) is 23.7 Å². The van der Waals surface area contributed by atoms with Gasteiger partial charge in [-0.15, -0.1) is 0 Å². The van der Waals surface area contributed by atoms with Gasteiger partial charge in [0.1, 0.15) is 25.4 Å². The van der Waals surface area contributed by atoms with E-state index in [1.807, 2.05) is 61.5 Å². The van der Waals surface area contributed by atoms with Crippen molar-refractivity contribution >= 4 is 32.7 Å². The molecule has 0 N–H and O–H groups in total. The van der Waals surface area contributed by atoms with Crippen LogP contribution in [0.25, 0.3) is 55.1 Å². The van der Waals surface area contributed by atoms with Crippen LogP contribution in [0.5, 0.6) is 0 Å². The standard InChI is InChI=1S/C30H23FNO/c1-18-8-15-26(32(3)17-18)27-19(2)9-12-23-24-13-14-25(31)28(30(24)33-29(23)27)22-11-10-20-6-4-5-7-21(20)16-22/h4-17H,1-3H3/q+1/i1D3,17D. The smallest absolute Gasteiger partial charge is 0.216 e. The van der Waals surface area contributed by atoms with Crippen LogP contribution in [0, 0.1) is 19.6 Å². The Kier molecular flexibility index (Phi) is 3.48. The van der Waals surface area contributed by atoms with Crippen LogP contribution in [-0.2, 0) is 7.05 Å². The third-order valence-electron chi connectivity index (χ3n) is 6.32. The fraction of sp³-hybridized carbons (Fsp3) is 0.100. The average Bonchev–Trinajstić information content (AvgIpc) is 3.23. The molecule has 0 bridgehead atoms. The average molecular weight is 437 g/mol. The summed E-state index contributed by atoms with van der Waals surface area (Å²) >= 11 is 0. The molecule has 0 aliphatic rings. The molecule has 2 heterocycles. The van der Waals surface area contributed by atoms with E-state index in [4.69, 9.17) is 9.90 Å². The molecule has 4 aromatic carbocycles. The Balaban J connectivity index is 1.65. The second-order valence-corrected chi connectivity index (χ2v) is 8.40. The first kappa shape index (κ1) is 15.8. The maximum atomic E-state index is 15.4. The monoisotopic (exact) mass is 436 g/mol. The number of pyridine rings is 1. The van der Waals surface area contributed by atoms with Gasteiger partial charge in [-0.3, -0.25) is 0 Å². The van der Waals surface area contributed by atoms with Crippen LogP contribution in [-0.4, -0.2) is 0 Å². The molecule has 2 nitrogen and oxygen atoms in total. The maximum Gasteiger partial charge on any atom is 0.216 e. The Morgan fingerprint density at radius 1 is 0.848 bits per heavy atom. The molecular formula is C30H23FNO+. The minimum absolute atomic E-state index is 0.0196. The van der Waals surface area contributed by atoms with E-state index in [-0.39, 0.29) is 17.6 Å². The molecule has 0 fully saturated rings. The van der Waals surface area contributed by atoms with E-state index in [0.717, 1.165) is 38.2 Å². The highest BCUT2D eigenvalue weighted by atomic mass is 19.1. The number of aromatic nitrogens is 1. The summed E-state index contributed by atoms with van der Waals surface area (Å²) in [6.07, 6.45) is -0.0899. The summed E-state index contributed by atoms with van der Waals surface area (Å²) in [4.78, 5) is 0. The zero-order valence-corrected chi connectivity index (χ0v) is 18.2. The molecular weight excluding hydrogens is 409 g/mol. The lowest BCUT2D eigenvalue weighted by Gasteiger charge is -2.06. The summed E-state index contributed by atoms with van der Waals surface area (Å²) in [7, 11) is 1.67. The third-order valence-corrected chi connectivity index (χ3v) is 6.32. The summed E-state index contributed by atoms with van der Waals surface area (Å²) < 4.78 is 55.1. The molecule has 0 saturated carbocycles. The second-order valence-electron chi connectivity index (χ2n) is 8.40. The van der Waals surface area contributed by atoms with Crippen molar-refractivity contribution in [2.75, 3.05) is 0 Å². The lowest BCUT2D eigenvalue weighted by Crippen LogP contribution is -2.31. The van der Waals surface area contributed by atoms with Crippen LogP contribution in [0.2, 0.25) is 0 Å². The zero-order valence-electron chi connectivity index (χ0n) is 22.2. The molecule has 0 amide bonds. The first-order chi connectivity index (χ1) is 17.6. The van der Waals surface area contributed by atoms with E-state index >= 15 is 4.39 Å². The van der Waals surface area contributed by atoms with Crippen LogP contribution < -0.4 is 4.57 Å². The third kappa shape index (κ3) is 3.04. The van der Waals surface area contributed by atoms with Gasteiger partial charge in [0.05, 0.1) is 11.1 Å². The Morgan fingerprint density at radius 3 is 2.42 bits per heavy atom. The molecule has 6 aromatic rings. The number of nitrogens with zero attached hydrogens (tertiary/aromatic N) is 1. The number of halogens is 1. The predicted molar refractivity (Wildman–Crippen MR) is 133 cm³/mol. The highest BCUT2D eigenvalue weighted by molar-refractivity contribution is 6.13. The van der Waals surface area contributed by atoms with Gasteiger partial charge in [0.2, 0.25) is 5.69 Å². The van der Waals surface area contributed by atoms with Crippen molar-refractivity contribution < 1.29 is 18.9 Å². The van der Waals surface area contributed by atoms with Crippen LogP contribution >= 0.6 is 0 Å². The van der Waals surface area contributed by atoms with Crippen molar-refractivity contribution in [2.24, 2.45) is 7.05 Å². The van der Waals surface area contributed by atoms with Crippen molar-refractivity contribution in [2.45, 2.75) is 13.8 Å². The van der Waals surface area contributed by atoms with Crippen LogP contribution in [0.4, 0.5) is 4.39 Å². The number of hydrogen-bond donors (Lipinski definition) is 0. The Hall–Kier alpha value is -3.98. The van der Waals surface area contributed by atoms with E-state index in [2.05, 4.69) is 0 Å². The topological polar surface area (TPSA) is 17.0 Å². The van der Waals surface area contributed by atoms with Crippen molar-refractivity contribution in [1.82, 2.24) is 0 Å². The molecule has 0 aliphatic heterocycles.